The first-order chi connectivity index (χ1) is 10.9. The third-order valence-corrected chi connectivity index (χ3v) is 3.66. The second-order valence-electron chi connectivity index (χ2n) is 4.94. The maximum absolute atomic E-state index is 12.8. The fourth-order valence-corrected chi connectivity index (χ4v) is 2.68. The normalized spacial score (nSPS) is 11.8. The molecule has 3 aromatic rings. The van der Waals surface area contributed by atoms with Crippen molar-refractivity contribution in [3.8, 4) is 11.3 Å². The number of alkyl halides is 3. The molecule has 0 amide bonds. The van der Waals surface area contributed by atoms with Gasteiger partial charge >= 0.3 is 11.9 Å². The zero-order valence-electron chi connectivity index (χ0n) is 11.6. The van der Waals surface area contributed by atoms with E-state index in [-0.39, 0.29) is 16.2 Å². The maximum Gasteiger partial charge on any atom is 0.406 e. The first kappa shape index (κ1) is 15.6. The molecular weight excluding hydrogens is 329 g/mol. The van der Waals surface area contributed by atoms with Crippen molar-refractivity contribution < 1.29 is 13.2 Å². The third-order valence-electron chi connectivity index (χ3n) is 3.34. The highest BCUT2D eigenvalue weighted by atomic mass is 35.5. The standard InChI is InChI=1S/C16H10ClF3N2O/c17-11-7-4-8-12-13(11)14(10-5-2-1-3-6-10)21-15(23)22(12)9-16(18,19)20/h1-8H,9H2. The molecule has 0 radical (unpaired) electrons. The van der Waals surface area contributed by atoms with Crippen LogP contribution in [0.2, 0.25) is 5.02 Å². The Labute approximate surface area is 134 Å². The van der Waals surface area contributed by atoms with Gasteiger partial charge in [0, 0.05) is 10.9 Å². The zero-order valence-corrected chi connectivity index (χ0v) is 12.4. The number of halogens is 4. The number of benzene rings is 2. The van der Waals surface area contributed by atoms with E-state index < -0.39 is 18.4 Å². The van der Waals surface area contributed by atoms with Crippen LogP contribution < -0.4 is 5.69 Å². The predicted octanol–water partition coefficient (Wildman–Crippen LogP) is 4.28. The van der Waals surface area contributed by atoms with E-state index in [2.05, 4.69) is 4.98 Å². The first-order valence-electron chi connectivity index (χ1n) is 6.68. The van der Waals surface area contributed by atoms with E-state index >= 15 is 0 Å². The smallest absolute Gasteiger partial charge is 0.283 e. The van der Waals surface area contributed by atoms with Gasteiger partial charge in [0.15, 0.2) is 0 Å². The van der Waals surface area contributed by atoms with Gasteiger partial charge in [-0.3, -0.25) is 4.57 Å². The molecule has 0 bridgehead atoms. The van der Waals surface area contributed by atoms with E-state index in [4.69, 9.17) is 11.6 Å². The topological polar surface area (TPSA) is 34.9 Å². The summed E-state index contributed by atoms with van der Waals surface area (Å²) in [5.41, 5.74) is 0.0288. The van der Waals surface area contributed by atoms with Gasteiger partial charge in [-0.25, -0.2) is 4.79 Å². The van der Waals surface area contributed by atoms with Crippen LogP contribution in [0, 0.1) is 0 Å². The van der Waals surface area contributed by atoms with Crippen LogP contribution in [0.25, 0.3) is 22.2 Å². The summed E-state index contributed by atoms with van der Waals surface area (Å²) in [7, 11) is 0. The van der Waals surface area contributed by atoms with Crippen molar-refractivity contribution in [1.82, 2.24) is 9.55 Å². The Kier molecular flexibility index (Phi) is 3.85. The summed E-state index contributed by atoms with van der Waals surface area (Å²) in [6.07, 6.45) is -4.53. The molecular formula is C16H10ClF3N2O. The van der Waals surface area contributed by atoms with Crippen LogP contribution in [0.5, 0.6) is 0 Å². The van der Waals surface area contributed by atoms with Gasteiger partial charge < -0.3 is 0 Å². The van der Waals surface area contributed by atoms with Crippen LogP contribution in [0.1, 0.15) is 0 Å². The van der Waals surface area contributed by atoms with E-state index in [1.807, 2.05) is 0 Å². The minimum Gasteiger partial charge on any atom is -0.283 e. The van der Waals surface area contributed by atoms with E-state index in [1.165, 1.54) is 12.1 Å². The SMILES string of the molecule is O=c1nc(-c2ccccc2)c2c(Cl)cccc2n1CC(F)(F)F. The van der Waals surface area contributed by atoms with Crippen molar-refractivity contribution in [2.75, 3.05) is 0 Å². The lowest BCUT2D eigenvalue weighted by atomic mass is 10.1. The average molecular weight is 339 g/mol. The van der Waals surface area contributed by atoms with Crippen LogP contribution in [-0.4, -0.2) is 15.7 Å². The number of rotatable bonds is 2. The van der Waals surface area contributed by atoms with E-state index in [9.17, 15) is 18.0 Å². The minimum atomic E-state index is -4.53. The van der Waals surface area contributed by atoms with Crippen molar-refractivity contribution >= 4 is 22.5 Å². The predicted molar refractivity (Wildman–Crippen MR) is 82.5 cm³/mol. The second-order valence-corrected chi connectivity index (χ2v) is 5.35. The zero-order chi connectivity index (χ0) is 16.6. The lowest BCUT2D eigenvalue weighted by Gasteiger charge is -2.15. The molecule has 2 aromatic carbocycles. The molecule has 0 aliphatic heterocycles. The molecule has 1 aromatic heterocycles. The molecule has 7 heteroatoms. The summed E-state index contributed by atoms with van der Waals surface area (Å²) in [5, 5.41) is 0.564. The summed E-state index contributed by atoms with van der Waals surface area (Å²) in [6.45, 7) is -1.41. The van der Waals surface area contributed by atoms with Gasteiger partial charge in [-0.1, -0.05) is 48.0 Å². The fourth-order valence-electron chi connectivity index (χ4n) is 2.42. The van der Waals surface area contributed by atoms with Crippen LogP contribution in [-0.2, 0) is 6.54 Å². The monoisotopic (exact) mass is 338 g/mol. The highest BCUT2D eigenvalue weighted by Gasteiger charge is 2.30. The Hall–Kier alpha value is -2.34. The summed E-state index contributed by atoms with van der Waals surface area (Å²) in [6, 6.07) is 13.2. The van der Waals surface area contributed by atoms with E-state index in [0.29, 0.717) is 15.5 Å². The van der Waals surface area contributed by atoms with Crippen molar-refractivity contribution in [3.05, 3.63) is 64.0 Å². The summed E-state index contributed by atoms with van der Waals surface area (Å²) >= 11 is 6.17. The third kappa shape index (κ3) is 3.07. The Balaban J connectivity index is 2.37. The van der Waals surface area contributed by atoms with Gasteiger partial charge in [-0.2, -0.15) is 18.2 Å². The largest absolute Gasteiger partial charge is 0.406 e. The van der Waals surface area contributed by atoms with Gasteiger partial charge in [0.1, 0.15) is 6.54 Å². The Morgan fingerprint density at radius 1 is 1.04 bits per heavy atom. The molecule has 118 valence electrons. The average Bonchev–Trinajstić information content (AvgIpc) is 2.50. The van der Waals surface area contributed by atoms with Crippen molar-refractivity contribution in [2.24, 2.45) is 0 Å². The molecule has 3 nitrogen and oxygen atoms in total. The number of hydrogen-bond donors (Lipinski definition) is 0. The van der Waals surface area contributed by atoms with Gasteiger partial charge in [0.05, 0.1) is 16.2 Å². The Morgan fingerprint density at radius 3 is 2.39 bits per heavy atom. The van der Waals surface area contributed by atoms with Crippen LogP contribution in [0.3, 0.4) is 0 Å². The molecule has 0 saturated heterocycles. The molecule has 0 N–H and O–H groups in total. The lowest BCUT2D eigenvalue weighted by Crippen LogP contribution is -2.30. The van der Waals surface area contributed by atoms with E-state index in [0.717, 1.165) is 0 Å². The van der Waals surface area contributed by atoms with Crippen LogP contribution in [0.4, 0.5) is 13.2 Å². The highest BCUT2D eigenvalue weighted by molar-refractivity contribution is 6.36. The number of hydrogen-bond acceptors (Lipinski definition) is 2. The number of nitrogens with zero attached hydrogens (tertiary/aromatic N) is 2. The Morgan fingerprint density at radius 2 is 1.74 bits per heavy atom. The summed E-state index contributed by atoms with van der Waals surface area (Å²) in [5.74, 6) is 0. The maximum atomic E-state index is 12.8. The number of fused-ring (bicyclic) bond motifs is 1. The van der Waals surface area contributed by atoms with Crippen molar-refractivity contribution in [1.29, 1.82) is 0 Å². The minimum absolute atomic E-state index is 0.105. The molecule has 0 aliphatic carbocycles. The lowest BCUT2D eigenvalue weighted by molar-refractivity contribution is -0.140. The van der Waals surface area contributed by atoms with Crippen LogP contribution in [0.15, 0.2) is 53.3 Å². The van der Waals surface area contributed by atoms with Gasteiger partial charge in [0.2, 0.25) is 0 Å². The summed E-state index contributed by atoms with van der Waals surface area (Å²) < 4.78 is 38.8. The molecule has 0 aliphatic rings. The molecule has 23 heavy (non-hydrogen) atoms. The fraction of sp³-hybridized carbons (Fsp3) is 0.125. The van der Waals surface area contributed by atoms with Crippen molar-refractivity contribution in [3.63, 3.8) is 0 Å². The molecule has 0 saturated carbocycles. The first-order valence-corrected chi connectivity index (χ1v) is 7.06. The molecule has 1 heterocycles. The van der Waals surface area contributed by atoms with Crippen LogP contribution >= 0.6 is 11.6 Å². The Bertz CT molecular complexity index is 920. The molecule has 0 fully saturated rings. The molecule has 0 spiro atoms. The quantitative estimate of drug-likeness (QED) is 0.699. The molecule has 3 rings (SSSR count). The molecule has 0 atom stereocenters. The van der Waals surface area contributed by atoms with Crippen molar-refractivity contribution in [2.45, 2.75) is 12.7 Å². The second kappa shape index (κ2) is 5.70. The highest BCUT2D eigenvalue weighted by Crippen LogP contribution is 2.32. The van der Waals surface area contributed by atoms with Gasteiger partial charge in [-0.05, 0) is 12.1 Å². The van der Waals surface area contributed by atoms with E-state index in [1.54, 1.807) is 36.4 Å². The molecule has 0 unspecified atom stereocenters. The summed E-state index contributed by atoms with van der Waals surface area (Å²) in [4.78, 5) is 16.0. The number of aromatic nitrogens is 2. The van der Waals surface area contributed by atoms with Gasteiger partial charge in [0.25, 0.3) is 0 Å². The van der Waals surface area contributed by atoms with Gasteiger partial charge in [-0.15, -0.1) is 0 Å².